The van der Waals surface area contributed by atoms with Crippen LogP contribution in [0.5, 0.6) is 0 Å². The Bertz CT molecular complexity index is 745. The highest BCUT2D eigenvalue weighted by atomic mass is 16.6. The van der Waals surface area contributed by atoms with Crippen LogP contribution in [0.4, 0.5) is 5.82 Å². The Kier molecular flexibility index (Phi) is 4.47. The Morgan fingerprint density at radius 2 is 2.05 bits per heavy atom. The number of nitrogens with zero attached hydrogens (tertiary/aromatic N) is 3. The van der Waals surface area contributed by atoms with Crippen molar-refractivity contribution in [1.29, 1.82) is 0 Å². The molecular formula is C15H14N4O3. The van der Waals surface area contributed by atoms with Gasteiger partial charge in [0.15, 0.2) is 0 Å². The number of aromatic nitrogens is 2. The number of nitro groups is 1. The van der Waals surface area contributed by atoms with Crippen molar-refractivity contribution in [3.63, 3.8) is 0 Å². The Morgan fingerprint density at radius 1 is 1.36 bits per heavy atom. The Hall–Kier alpha value is -3.22. The molecule has 0 spiro atoms. The van der Waals surface area contributed by atoms with Gasteiger partial charge < -0.3 is 15.4 Å². The van der Waals surface area contributed by atoms with Gasteiger partial charge in [0.2, 0.25) is 5.82 Å². The highest BCUT2D eigenvalue weighted by Gasteiger charge is 2.15. The summed E-state index contributed by atoms with van der Waals surface area (Å²) < 4.78 is 1.29. The van der Waals surface area contributed by atoms with Crippen LogP contribution in [0.3, 0.4) is 0 Å². The number of imidazole rings is 1. The maximum atomic E-state index is 11.4. The molecule has 0 saturated heterocycles. The molecule has 7 nitrogen and oxygen atoms in total. The lowest BCUT2D eigenvalue weighted by Crippen LogP contribution is -2.17. The molecule has 7 heteroatoms. The minimum absolute atomic E-state index is 0.149. The molecule has 0 aliphatic rings. The van der Waals surface area contributed by atoms with Gasteiger partial charge in [-0.15, -0.1) is 0 Å². The van der Waals surface area contributed by atoms with Gasteiger partial charge in [-0.1, -0.05) is 18.7 Å². The first-order valence-corrected chi connectivity index (χ1v) is 6.41. The lowest BCUT2D eigenvalue weighted by atomic mass is 10.1. The van der Waals surface area contributed by atoms with Gasteiger partial charge in [0, 0.05) is 18.7 Å². The number of rotatable bonds is 5. The van der Waals surface area contributed by atoms with Crippen molar-refractivity contribution in [2.45, 2.75) is 0 Å². The first-order chi connectivity index (χ1) is 10.6. The molecule has 1 heterocycles. The van der Waals surface area contributed by atoms with Crippen molar-refractivity contribution in [2.24, 2.45) is 0 Å². The summed E-state index contributed by atoms with van der Waals surface area (Å²) >= 11 is 0. The quantitative estimate of drug-likeness (QED) is 0.678. The fourth-order valence-corrected chi connectivity index (χ4v) is 1.87. The molecule has 1 N–H and O–H groups in total. The summed E-state index contributed by atoms with van der Waals surface area (Å²) in [6.07, 6.45) is 5.90. The van der Waals surface area contributed by atoms with Crippen molar-refractivity contribution in [3.8, 4) is 0 Å². The van der Waals surface area contributed by atoms with Gasteiger partial charge in [0.1, 0.15) is 6.20 Å². The van der Waals surface area contributed by atoms with Crippen LogP contribution in [0, 0.1) is 10.1 Å². The third kappa shape index (κ3) is 3.09. The van der Waals surface area contributed by atoms with E-state index in [-0.39, 0.29) is 11.7 Å². The van der Waals surface area contributed by atoms with E-state index >= 15 is 0 Å². The largest absolute Gasteiger partial charge is 0.358 e. The van der Waals surface area contributed by atoms with E-state index in [1.807, 2.05) is 0 Å². The molecule has 0 bridgehead atoms. The monoisotopic (exact) mass is 298 g/mol. The lowest BCUT2D eigenvalue weighted by molar-refractivity contribution is -0.390. The van der Waals surface area contributed by atoms with Gasteiger partial charge in [0.25, 0.3) is 5.91 Å². The summed E-state index contributed by atoms with van der Waals surface area (Å²) in [6, 6.07) is 6.94. The van der Waals surface area contributed by atoms with Crippen molar-refractivity contribution < 1.29 is 9.72 Å². The second-order valence-corrected chi connectivity index (χ2v) is 4.32. The molecule has 0 atom stereocenters. The van der Waals surface area contributed by atoms with E-state index in [0.29, 0.717) is 11.4 Å². The molecule has 1 aromatic heterocycles. The molecule has 0 fully saturated rings. The molecule has 0 radical (unpaired) electrons. The number of carbonyl (C=O) groups is 1. The normalized spacial score (nSPS) is 10.6. The van der Waals surface area contributed by atoms with Crippen molar-refractivity contribution >= 4 is 30.1 Å². The van der Waals surface area contributed by atoms with Gasteiger partial charge in [0.05, 0.1) is 6.20 Å². The molecule has 0 aliphatic heterocycles. The van der Waals surface area contributed by atoms with Crippen LogP contribution in [0.25, 0.3) is 18.4 Å². The maximum absolute atomic E-state index is 11.4. The first-order valence-electron chi connectivity index (χ1n) is 6.41. The number of hydrogen-bond acceptors (Lipinski definition) is 4. The molecule has 112 valence electrons. The van der Waals surface area contributed by atoms with Crippen LogP contribution in [0.2, 0.25) is 0 Å². The van der Waals surface area contributed by atoms with Gasteiger partial charge >= 0.3 is 5.82 Å². The molecule has 0 unspecified atom stereocenters. The standard InChI is InChI=1S/C15H14N4O3/c1-3-18-13(17-10-14(18)19(21)22)9-6-11-4-7-12(8-5-11)15(20)16-2/h3-10H,1H2,2H3,(H,16,20). The predicted octanol–water partition coefficient (Wildman–Crippen LogP) is 2.42. The van der Waals surface area contributed by atoms with Crippen LogP contribution in [0.1, 0.15) is 21.7 Å². The van der Waals surface area contributed by atoms with E-state index in [9.17, 15) is 14.9 Å². The Morgan fingerprint density at radius 3 is 2.59 bits per heavy atom. The Balaban J connectivity index is 2.24. The summed E-state index contributed by atoms with van der Waals surface area (Å²) in [4.78, 5) is 25.7. The summed E-state index contributed by atoms with van der Waals surface area (Å²) in [5, 5.41) is 13.4. The van der Waals surface area contributed by atoms with Crippen LogP contribution in [-0.2, 0) is 0 Å². The zero-order chi connectivity index (χ0) is 16.1. The summed E-state index contributed by atoms with van der Waals surface area (Å²) in [5.41, 5.74) is 1.40. The SMILES string of the molecule is C=Cn1c([N+](=O)[O-])cnc1C=Cc1ccc(C(=O)NC)cc1. The smallest absolute Gasteiger partial charge is 0.347 e. The number of amides is 1. The van der Waals surface area contributed by atoms with Crippen molar-refractivity contribution in [3.05, 3.63) is 64.1 Å². The van der Waals surface area contributed by atoms with Crippen molar-refractivity contribution in [2.75, 3.05) is 7.05 Å². The maximum Gasteiger partial charge on any atom is 0.347 e. The Labute approximate surface area is 126 Å². The lowest BCUT2D eigenvalue weighted by Gasteiger charge is -1.99. The summed E-state index contributed by atoms with van der Waals surface area (Å²) in [6.45, 7) is 3.54. The van der Waals surface area contributed by atoms with E-state index in [0.717, 1.165) is 5.56 Å². The topological polar surface area (TPSA) is 90.1 Å². The zero-order valence-electron chi connectivity index (χ0n) is 11.9. The third-order valence-corrected chi connectivity index (χ3v) is 3.00. The molecule has 0 saturated carbocycles. The molecule has 2 rings (SSSR count). The predicted molar refractivity (Wildman–Crippen MR) is 84.0 cm³/mol. The highest BCUT2D eigenvalue weighted by Crippen LogP contribution is 2.16. The van der Waals surface area contributed by atoms with Crippen LogP contribution < -0.4 is 5.32 Å². The van der Waals surface area contributed by atoms with E-state index in [1.54, 1.807) is 43.5 Å². The van der Waals surface area contributed by atoms with E-state index in [1.165, 1.54) is 17.0 Å². The van der Waals surface area contributed by atoms with Crippen LogP contribution in [0.15, 0.2) is 37.0 Å². The first kappa shape index (κ1) is 15.2. The van der Waals surface area contributed by atoms with E-state index in [2.05, 4.69) is 16.9 Å². The van der Waals surface area contributed by atoms with Crippen LogP contribution >= 0.6 is 0 Å². The van der Waals surface area contributed by atoms with Gasteiger partial charge in [-0.25, -0.2) is 4.98 Å². The third-order valence-electron chi connectivity index (χ3n) is 3.00. The zero-order valence-corrected chi connectivity index (χ0v) is 11.9. The molecule has 22 heavy (non-hydrogen) atoms. The molecular weight excluding hydrogens is 284 g/mol. The summed E-state index contributed by atoms with van der Waals surface area (Å²) in [5.74, 6) is 0.0926. The second-order valence-electron chi connectivity index (χ2n) is 4.32. The van der Waals surface area contributed by atoms with E-state index < -0.39 is 4.92 Å². The highest BCUT2D eigenvalue weighted by molar-refractivity contribution is 5.94. The van der Waals surface area contributed by atoms with Gasteiger partial charge in [-0.3, -0.25) is 4.79 Å². The average molecular weight is 298 g/mol. The molecule has 2 aromatic rings. The number of hydrogen-bond donors (Lipinski definition) is 1. The molecule has 1 amide bonds. The minimum Gasteiger partial charge on any atom is -0.358 e. The second kappa shape index (κ2) is 6.49. The fraction of sp³-hybridized carbons (Fsp3) is 0.0667. The fourth-order valence-electron chi connectivity index (χ4n) is 1.87. The number of carbonyl (C=O) groups excluding carboxylic acids is 1. The van der Waals surface area contributed by atoms with Gasteiger partial charge in [-0.2, -0.15) is 4.57 Å². The van der Waals surface area contributed by atoms with Gasteiger partial charge in [-0.05, 0) is 28.7 Å². The minimum atomic E-state index is -0.524. The van der Waals surface area contributed by atoms with Crippen LogP contribution in [-0.4, -0.2) is 27.4 Å². The average Bonchev–Trinajstić information content (AvgIpc) is 2.95. The summed E-state index contributed by atoms with van der Waals surface area (Å²) in [7, 11) is 1.57. The molecule has 1 aromatic carbocycles. The number of nitrogens with one attached hydrogen (secondary N) is 1. The number of benzene rings is 1. The van der Waals surface area contributed by atoms with Crippen molar-refractivity contribution in [1.82, 2.24) is 14.9 Å². The molecule has 0 aliphatic carbocycles. The van der Waals surface area contributed by atoms with E-state index in [4.69, 9.17) is 0 Å².